The summed E-state index contributed by atoms with van der Waals surface area (Å²) in [5.41, 5.74) is 2.42. The molecule has 0 amide bonds. The lowest BCUT2D eigenvalue weighted by Gasteiger charge is -2.23. The molecule has 0 unspecified atom stereocenters. The molecule has 3 heterocycles. The lowest BCUT2D eigenvalue weighted by molar-refractivity contribution is 0.315. The standard InChI is InChI=1S/C16H20ClN5/c1-21-9-12-8-13(17)2-3-14(12)22-15(10-21)19-20-16(22)11-4-6-18-7-5-11/h2-3,8,11,18H,4-7,9-10H2,1H3. The zero-order valence-corrected chi connectivity index (χ0v) is 13.5. The quantitative estimate of drug-likeness (QED) is 0.877. The number of hydrogen-bond donors (Lipinski definition) is 1. The lowest BCUT2D eigenvalue weighted by atomic mass is 9.97. The number of aromatic nitrogens is 3. The SMILES string of the molecule is CN1Cc2cc(Cl)ccc2-n2c(nnc2C2CCNCC2)C1. The Morgan fingerprint density at radius 2 is 2.00 bits per heavy atom. The average molecular weight is 318 g/mol. The van der Waals surface area contributed by atoms with E-state index in [0.29, 0.717) is 5.92 Å². The molecule has 0 saturated carbocycles. The van der Waals surface area contributed by atoms with Crippen LogP contribution >= 0.6 is 11.6 Å². The van der Waals surface area contributed by atoms with Crippen LogP contribution < -0.4 is 5.32 Å². The van der Waals surface area contributed by atoms with Crippen molar-refractivity contribution >= 4 is 11.6 Å². The van der Waals surface area contributed by atoms with E-state index >= 15 is 0 Å². The molecule has 5 nitrogen and oxygen atoms in total. The first-order chi connectivity index (χ1) is 10.7. The summed E-state index contributed by atoms with van der Waals surface area (Å²) in [4.78, 5) is 2.26. The van der Waals surface area contributed by atoms with E-state index in [1.54, 1.807) is 0 Å². The van der Waals surface area contributed by atoms with Crippen molar-refractivity contribution < 1.29 is 0 Å². The molecule has 4 rings (SSSR count). The fraction of sp³-hybridized carbons (Fsp3) is 0.500. The molecule has 0 atom stereocenters. The van der Waals surface area contributed by atoms with Crippen LogP contribution in [0.3, 0.4) is 0 Å². The molecule has 22 heavy (non-hydrogen) atoms. The molecule has 0 spiro atoms. The smallest absolute Gasteiger partial charge is 0.151 e. The number of halogens is 1. The van der Waals surface area contributed by atoms with E-state index in [1.165, 1.54) is 11.3 Å². The minimum atomic E-state index is 0.481. The van der Waals surface area contributed by atoms with Crippen molar-refractivity contribution in [2.24, 2.45) is 0 Å². The molecule has 1 aromatic carbocycles. The van der Waals surface area contributed by atoms with Gasteiger partial charge in [-0.3, -0.25) is 9.47 Å². The molecule has 2 aliphatic heterocycles. The van der Waals surface area contributed by atoms with Gasteiger partial charge < -0.3 is 5.32 Å². The van der Waals surface area contributed by atoms with E-state index in [9.17, 15) is 0 Å². The average Bonchev–Trinajstić information content (AvgIpc) is 2.86. The van der Waals surface area contributed by atoms with E-state index in [2.05, 4.69) is 44.2 Å². The van der Waals surface area contributed by atoms with Crippen molar-refractivity contribution in [3.05, 3.63) is 40.4 Å². The highest BCUT2D eigenvalue weighted by atomic mass is 35.5. The highest BCUT2D eigenvalue weighted by Crippen LogP contribution is 2.31. The highest BCUT2D eigenvalue weighted by molar-refractivity contribution is 6.30. The molecule has 1 aromatic heterocycles. The van der Waals surface area contributed by atoms with Crippen LogP contribution in [0.2, 0.25) is 5.02 Å². The van der Waals surface area contributed by atoms with Gasteiger partial charge in [-0.1, -0.05) is 11.6 Å². The molecule has 2 aromatic rings. The fourth-order valence-corrected chi connectivity index (χ4v) is 3.72. The second-order valence-electron chi connectivity index (χ2n) is 6.28. The Morgan fingerprint density at radius 3 is 2.82 bits per heavy atom. The number of nitrogens with zero attached hydrogens (tertiary/aromatic N) is 4. The minimum Gasteiger partial charge on any atom is -0.317 e. The van der Waals surface area contributed by atoms with Crippen LogP contribution in [0.25, 0.3) is 5.69 Å². The van der Waals surface area contributed by atoms with Gasteiger partial charge in [0.05, 0.1) is 12.2 Å². The minimum absolute atomic E-state index is 0.481. The van der Waals surface area contributed by atoms with Crippen LogP contribution in [0.15, 0.2) is 18.2 Å². The van der Waals surface area contributed by atoms with E-state index in [4.69, 9.17) is 11.6 Å². The summed E-state index contributed by atoms with van der Waals surface area (Å²) in [5.74, 6) is 2.61. The van der Waals surface area contributed by atoms with Gasteiger partial charge in [-0.2, -0.15) is 0 Å². The summed E-state index contributed by atoms with van der Waals surface area (Å²) < 4.78 is 2.27. The molecule has 1 fully saturated rings. The van der Waals surface area contributed by atoms with Crippen LogP contribution in [-0.4, -0.2) is 39.8 Å². The summed E-state index contributed by atoms with van der Waals surface area (Å²) in [7, 11) is 2.11. The zero-order valence-electron chi connectivity index (χ0n) is 12.7. The third kappa shape index (κ3) is 2.43. The zero-order chi connectivity index (χ0) is 15.1. The van der Waals surface area contributed by atoms with Crippen LogP contribution in [0.4, 0.5) is 0 Å². The van der Waals surface area contributed by atoms with Gasteiger partial charge in [0, 0.05) is 17.5 Å². The summed E-state index contributed by atoms with van der Waals surface area (Å²) in [5, 5.41) is 13.2. The molecular formula is C16H20ClN5. The summed E-state index contributed by atoms with van der Waals surface area (Å²) >= 11 is 6.20. The third-order valence-electron chi connectivity index (χ3n) is 4.59. The highest BCUT2D eigenvalue weighted by Gasteiger charge is 2.27. The molecule has 1 saturated heterocycles. The van der Waals surface area contributed by atoms with Crippen molar-refractivity contribution in [2.75, 3.05) is 20.1 Å². The third-order valence-corrected chi connectivity index (χ3v) is 4.83. The summed E-state index contributed by atoms with van der Waals surface area (Å²) in [6.07, 6.45) is 2.24. The monoisotopic (exact) mass is 317 g/mol. The van der Waals surface area contributed by atoms with E-state index < -0.39 is 0 Å². The number of nitrogens with one attached hydrogen (secondary N) is 1. The van der Waals surface area contributed by atoms with Gasteiger partial charge in [0.1, 0.15) is 5.82 Å². The van der Waals surface area contributed by atoms with Crippen LogP contribution in [0, 0.1) is 0 Å². The largest absolute Gasteiger partial charge is 0.317 e. The first-order valence-corrected chi connectivity index (χ1v) is 8.22. The van der Waals surface area contributed by atoms with E-state index in [-0.39, 0.29) is 0 Å². The van der Waals surface area contributed by atoms with Gasteiger partial charge in [-0.15, -0.1) is 10.2 Å². The fourth-order valence-electron chi connectivity index (χ4n) is 3.53. The number of fused-ring (bicyclic) bond motifs is 3. The van der Waals surface area contributed by atoms with Crippen molar-refractivity contribution in [2.45, 2.75) is 31.8 Å². The normalized spacial score (nSPS) is 19.5. The number of hydrogen-bond acceptors (Lipinski definition) is 4. The number of piperidine rings is 1. The topological polar surface area (TPSA) is 46.0 Å². The van der Waals surface area contributed by atoms with Crippen LogP contribution in [-0.2, 0) is 13.1 Å². The Kier molecular flexibility index (Phi) is 3.64. The van der Waals surface area contributed by atoms with Crippen molar-refractivity contribution in [3.8, 4) is 5.69 Å². The lowest BCUT2D eigenvalue weighted by Crippen LogP contribution is -2.28. The maximum atomic E-state index is 6.20. The maximum absolute atomic E-state index is 6.20. The first-order valence-electron chi connectivity index (χ1n) is 7.84. The first kappa shape index (κ1) is 14.2. The summed E-state index contributed by atoms with van der Waals surface area (Å²) in [6.45, 7) is 3.80. The Bertz CT molecular complexity index is 690. The van der Waals surface area contributed by atoms with E-state index in [1.807, 2.05) is 6.07 Å². The molecule has 0 aliphatic carbocycles. The van der Waals surface area contributed by atoms with Gasteiger partial charge in [0.15, 0.2) is 5.82 Å². The maximum Gasteiger partial charge on any atom is 0.151 e. The number of rotatable bonds is 1. The Labute approximate surface area is 135 Å². The van der Waals surface area contributed by atoms with Gasteiger partial charge in [0.25, 0.3) is 0 Å². The molecular weight excluding hydrogens is 298 g/mol. The molecule has 0 bridgehead atoms. The Morgan fingerprint density at radius 1 is 1.18 bits per heavy atom. The molecule has 2 aliphatic rings. The summed E-state index contributed by atoms with van der Waals surface area (Å²) in [6, 6.07) is 6.13. The predicted molar refractivity (Wildman–Crippen MR) is 86.4 cm³/mol. The second kappa shape index (κ2) is 5.65. The van der Waals surface area contributed by atoms with Crippen molar-refractivity contribution in [1.29, 1.82) is 0 Å². The molecule has 1 N–H and O–H groups in total. The second-order valence-corrected chi connectivity index (χ2v) is 6.72. The Hall–Kier alpha value is -1.43. The van der Waals surface area contributed by atoms with Gasteiger partial charge in [-0.05, 0) is 56.7 Å². The molecule has 116 valence electrons. The molecule has 6 heteroatoms. The van der Waals surface area contributed by atoms with Crippen LogP contribution in [0.1, 0.15) is 36.0 Å². The van der Waals surface area contributed by atoms with Gasteiger partial charge in [0.2, 0.25) is 0 Å². The predicted octanol–water partition coefficient (Wildman–Crippen LogP) is 2.33. The van der Waals surface area contributed by atoms with E-state index in [0.717, 1.165) is 55.7 Å². The van der Waals surface area contributed by atoms with Crippen molar-refractivity contribution in [3.63, 3.8) is 0 Å². The van der Waals surface area contributed by atoms with Crippen molar-refractivity contribution in [1.82, 2.24) is 25.0 Å². The number of benzene rings is 1. The van der Waals surface area contributed by atoms with Crippen LogP contribution in [0.5, 0.6) is 0 Å². The van der Waals surface area contributed by atoms with Gasteiger partial charge in [-0.25, -0.2) is 0 Å². The Balaban J connectivity index is 1.85. The van der Waals surface area contributed by atoms with Gasteiger partial charge >= 0.3 is 0 Å². The molecule has 0 radical (unpaired) electrons.